The van der Waals surface area contributed by atoms with E-state index in [2.05, 4.69) is 39.5 Å². The molecule has 0 saturated carbocycles. The Labute approximate surface area is 218 Å². The van der Waals surface area contributed by atoms with E-state index in [0.717, 1.165) is 48.8 Å². The van der Waals surface area contributed by atoms with Crippen LogP contribution in [0.3, 0.4) is 0 Å². The van der Waals surface area contributed by atoms with Gasteiger partial charge >= 0.3 is 0 Å². The van der Waals surface area contributed by atoms with Crippen LogP contribution in [0.1, 0.15) is 71.8 Å². The van der Waals surface area contributed by atoms with Gasteiger partial charge in [-0.1, -0.05) is 55.3 Å². The van der Waals surface area contributed by atoms with E-state index >= 15 is 0 Å². The molecule has 0 radical (unpaired) electrons. The van der Waals surface area contributed by atoms with E-state index in [-0.39, 0.29) is 31.0 Å². The fourth-order valence-corrected chi connectivity index (χ4v) is 5.52. The maximum atomic E-state index is 13.9. The number of aliphatic hydroxyl groups excluding tert-OH is 1. The van der Waals surface area contributed by atoms with E-state index < -0.39 is 5.41 Å². The summed E-state index contributed by atoms with van der Waals surface area (Å²) in [6.07, 6.45) is 4.50. The zero-order valence-corrected chi connectivity index (χ0v) is 23.2. The molecule has 0 spiro atoms. The molecule has 0 saturated heterocycles. The summed E-state index contributed by atoms with van der Waals surface area (Å²) in [7, 11) is 1.61. The van der Waals surface area contributed by atoms with Crippen LogP contribution in [-0.2, 0) is 25.6 Å². The third-order valence-electron chi connectivity index (χ3n) is 7.99. The Hall–Kier alpha value is -1.79. The highest BCUT2D eigenvalue weighted by atomic mass is 16.7. The molecule has 1 aliphatic rings. The van der Waals surface area contributed by atoms with Crippen LogP contribution >= 0.6 is 0 Å². The molecule has 1 aromatic rings. The van der Waals surface area contributed by atoms with Crippen LogP contribution in [0.2, 0.25) is 0 Å². The lowest BCUT2D eigenvalue weighted by Gasteiger charge is -2.46. The molecule has 1 aromatic carbocycles. The molecule has 2 rings (SSSR count). The Morgan fingerprint density at radius 1 is 1.14 bits per heavy atom. The molecule has 36 heavy (non-hydrogen) atoms. The minimum atomic E-state index is -0.564. The standard InChI is InChI=1S/C31H48O5/c1-23(2)11-10-14-30(33)31(16-15-28(21-36-22-34-6)26(5)29(31)18-32)17-24(3)25(4)19-35-20-27-12-8-7-9-13-27/h7-9,12-13,24-25,29,32H,1,10-11,14-22H2,2-6H3/t24-,25-,29-,31+/m0/s1. The van der Waals surface area contributed by atoms with Gasteiger partial charge < -0.3 is 19.3 Å². The molecular weight excluding hydrogens is 452 g/mol. The van der Waals surface area contributed by atoms with Gasteiger partial charge in [-0.3, -0.25) is 4.79 Å². The molecule has 4 atom stereocenters. The molecule has 1 aliphatic carbocycles. The first-order chi connectivity index (χ1) is 17.2. The number of carbonyl (C=O) groups is 1. The monoisotopic (exact) mass is 500 g/mol. The first-order valence-electron chi connectivity index (χ1n) is 13.4. The summed E-state index contributed by atoms with van der Waals surface area (Å²) in [4.78, 5) is 13.9. The van der Waals surface area contributed by atoms with Crippen molar-refractivity contribution in [2.24, 2.45) is 23.2 Å². The van der Waals surface area contributed by atoms with Crippen LogP contribution in [0.15, 0.2) is 53.6 Å². The van der Waals surface area contributed by atoms with Gasteiger partial charge in [-0.2, -0.15) is 0 Å². The quantitative estimate of drug-likeness (QED) is 0.150. The number of aliphatic hydroxyl groups is 1. The molecule has 5 heteroatoms. The summed E-state index contributed by atoms with van der Waals surface area (Å²) in [6.45, 7) is 14.4. The van der Waals surface area contributed by atoms with Gasteiger partial charge in [-0.05, 0) is 68.9 Å². The van der Waals surface area contributed by atoms with Crippen molar-refractivity contribution >= 4 is 5.78 Å². The first kappa shape index (κ1) is 30.4. The SMILES string of the molecule is C=C(C)CCCC(=O)[C@@]1(C[C@H](C)[C@@H](C)COCc2ccccc2)CCC(COCOC)=C(C)[C@@H]1CO. The van der Waals surface area contributed by atoms with Crippen molar-refractivity contribution in [2.75, 3.05) is 33.7 Å². The van der Waals surface area contributed by atoms with Crippen molar-refractivity contribution in [1.82, 2.24) is 0 Å². The maximum Gasteiger partial charge on any atom is 0.146 e. The highest BCUT2D eigenvalue weighted by Gasteiger charge is 2.48. The lowest BCUT2D eigenvalue weighted by Crippen LogP contribution is -2.46. The zero-order chi connectivity index (χ0) is 26.6. The average Bonchev–Trinajstić information content (AvgIpc) is 2.85. The Balaban J connectivity index is 2.17. The zero-order valence-electron chi connectivity index (χ0n) is 23.2. The summed E-state index contributed by atoms with van der Waals surface area (Å²) in [5.74, 6) is 0.663. The minimum absolute atomic E-state index is 0.0303. The van der Waals surface area contributed by atoms with E-state index in [9.17, 15) is 9.90 Å². The van der Waals surface area contributed by atoms with Crippen LogP contribution in [0.25, 0.3) is 0 Å². The van der Waals surface area contributed by atoms with Gasteiger partial charge in [0.25, 0.3) is 0 Å². The predicted molar refractivity (Wildman–Crippen MR) is 145 cm³/mol. The Morgan fingerprint density at radius 2 is 1.86 bits per heavy atom. The van der Waals surface area contributed by atoms with Gasteiger partial charge in [0.05, 0.1) is 19.8 Å². The molecular formula is C31H48O5. The second-order valence-electron chi connectivity index (χ2n) is 10.8. The molecule has 0 bridgehead atoms. The van der Waals surface area contributed by atoms with E-state index in [1.165, 1.54) is 5.57 Å². The van der Waals surface area contributed by atoms with Gasteiger partial charge in [0.1, 0.15) is 12.6 Å². The number of rotatable bonds is 17. The van der Waals surface area contributed by atoms with Crippen LogP contribution in [0.4, 0.5) is 0 Å². The fourth-order valence-electron chi connectivity index (χ4n) is 5.52. The topological polar surface area (TPSA) is 65.0 Å². The van der Waals surface area contributed by atoms with Gasteiger partial charge in [-0.15, -0.1) is 6.58 Å². The maximum absolute atomic E-state index is 13.9. The summed E-state index contributed by atoms with van der Waals surface area (Å²) in [5, 5.41) is 10.6. The van der Waals surface area contributed by atoms with Crippen LogP contribution in [0.5, 0.6) is 0 Å². The van der Waals surface area contributed by atoms with Crippen molar-refractivity contribution < 1.29 is 24.1 Å². The Morgan fingerprint density at radius 3 is 2.50 bits per heavy atom. The molecule has 0 unspecified atom stereocenters. The van der Waals surface area contributed by atoms with Crippen molar-refractivity contribution in [1.29, 1.82) is 0 Å². The predicted octanol–water partition coefficient (Wildman–Crippen LogP) is 6.51. The summed E-state index contributed by atoms with van der Waals surface area (Å²) in [6, 6.07) is 10.2. The molecule has 0 aromatic heterocycles. The van der Waals surface area contributed by atoms with Crippen LogP contribution in [0, 0.1) is 23.2 Å². The molecule has 202 valence electrons. The number of ether oxygens (including phenoxy) is 3. The van der Waals surface area contributed by atoms with Crippen molar-refractivity contribution in [3.05, 3.63) is 59.2 Å². The molecule has 0 amide bonds. The molecule has 0 fully saturated rings. The van der Waals surface area contributed by atoms with Crippen molar-refractivity contribution in [3.8, 4) is 0 Å². The van der Waals surface area contributed by atoms with E-state index in [1.807, 2.05) is 25.1 Å². The fraction of sp³-hybridized carbons (Fsp3) is 0.645. The second kappa shape index (κ2) is 15.5. The number of allylic oxidation sites excluding steroid dienone is 1. The average molecular weight is 501 g/mol. The van der Waals surface area contributed by atoms with Crippen LogP contribution in [-0.4, -0.2) is 44.6 Å². The lowest BCUT2D eigenvalue weighted by atomic mass is 9.57. The van der Waals surface area contributed by atoms with E-state index in [4.69, 9.17) is 14.2 Å². The number of methoxy groups -OCH3 is 1. The van der Waals surface area contributed by atoms with E-state index in [0.29, 0.717) is 32.2 Å². The van der Waals surface area contributed by atoms with Gasteiger partial charge in [0.2, 0.25) is 0 Å². The molecule has 0 aliphatic heterocycles. The van der Waals surface area contributed by atoms with Crippen LogP contribution < -0.4 is 0 Å². The summed E-state index contributed by atoms with van der Waals surface area (Å²) < 4.78 is 16.7. The number of hydrogen-bond acceptors (Lipinski definition) is 5. The highest BCUT2D eigenvalue weighted by molar-refractivity contribution is 5.86. The smallest absolute Gasteiger partial charge is 0.146 e. The van der Waals surface area contributed by atoms with E-state index in [1.54, 1.807) is 7.11 Å². The number of ketones is 1. The van der Waals surface area contributed by atoms with Crippen molar-refractivity contribution in [3.63, 3.8) is 0 Å². The Bertz CT molecular complexity index is 846. The Kier molecular flexibility index (Phi) is 13.1. The number of Topliss-reactive ketones (excluding diaryl/α,β-unsaturated/α-hetero) is 1. The number of carbonyl (C=O) groups excluding carboxylic acids is 1. The van der Waals surface area contributed by atoms with Gasteiger partial charge in [0.15, 0.2) is 0 Å². The summed E-state index contributed by atoms with van der Waals surface area (Å²) in [5.41, 5.74) is 3.99. The highest BCUT2D eigenvalue weighted by Crippen LogP contribution is 2.50. The third-order valence-corrected chi connectivity index (χ3v) is 7.99. The van der Waals surface area contributed by atoms with Gasteiger partial charge in [-0.25, -0.2) is 0 Å². The number of benzene rings is 1. The lowest BCUT2D eigenvalue weighted by molar-refractivity contribution is -0.135. The molecule has 1 N–H and O–H groups in total. The summed E-state index contributed by atoms with van der Waals surface area (Å²) >= 11 is 0. The largest absolute Gasteiger partial charge is 0.396 e. The first-order valence-corrected chi connectivity index (χ1v) is 13.4. The minimum Gasteiger partial charge on any atom is -0.396 e. The van der Waals surface area contributed by atoms with Crippen molar-refractivity contribution in [2.45, 2.75) is 72.8 Å². The second-order valence-corrected chi connectivity index (χ2v) is 10.8. The number of hydrogen-bond donors (Lipinski definition) is 1. The molecule has 5 nitrogen and oxygen atoms in total. The van der Waals surface area contributed by atoms with Gasteiger partial charge in [0, 0.05) is 31.5 Å². The molecule has 0 heterocycles. The normalized spacial score (nSPS) is 21.9. The third kappa shape index (κ3) is 8.65.